The van der Waals surface area contributed by atoms with Gasteiger partial charge < -0.3 is 20.1 Å². The molecule has 1 aliphatic carbocycles. The van der Waals surface area contributed by atoms with Gasteiger partial charge in [0.25, 0.3) is 0 Å². The maximum Gasteiger partial charge on any atom is 0.241 e. The number of fused-ring (bicyclic) bond motifs is 2. The molecule has 35 heavy (non-hydrogen) atoms. The number of rotatable bonds is 6. The lowest BCUT2D eigenvalue weighted by molar-refractivity contribution is -0.142. The van der Waals surface area contributed by atoms with E-state index in [0.29, 0.717) is 62.5 Å². The number of hydrogen-bond acceptors (Lipinski definition) is 7. The summed E-state index contributed by atoms with van der Waals surface area (Å²) < 4.78 is 10.8. The number of allylic oxidation sites excluding steroid dienone is 1. The van der Waals surface area contributed by atoms with Crippen molar-refractivity contribution >= 4 is 40.8 Å². The van der Waals surface area contributed by atoms with Crippen molar-refractivity contribution in [3.8, 4) is 0 Å². The molecule has 3 fully saturated rings. The van der Waals surface area contributed by atoms with Crippen molar-refractivity contribution in [3.63, 3.8) is 0 Å². The number of carbonyl (C=O) groups is 3. The molecule has 0 spiro atoms. The Morgan fingerprint density at radius 1 is 1.11 bits per heavy atom. The van der Waals surface area contributed by atoms with Gasteiger partial charge in [-0.2, -0.15) is 0 Å². The number of thiocarbonyl (C=S) groups is 1. The van der Waals surface area contributed by atoms with Crippen molar-refractivity contribution in [2.24, 2.45) is 16.6 Å². The van der Waals surface area contributed by atoms with Crippen molar-refractivity contribution in [3.05, 3.63) is 23.7 Å². The number of primary amides is 1. The molecular weight excluding hydrogens is 470 g/mol. The third kappa shape index (κ3) is 4.47. The van der Waals surface area contributed by atoms with E-state index in [-0.39, 0.29) is 29.6 Å². The number of nitrogens with zero attached hydrogens (tertiary/aromatic N) is 4. The second kappa shape index (κ2) is 9.69. The van der Waals surface area contributed by atoms with E-state index in [2.05, 4.69) is 9.89 Å². The fourth-order valence-corrected chi connectivity index (χ4v) is 5.94. The van der Waals surface area contributed by atoms with Gasteiger partial charge in [-0.3, -0.25) is 24.2 Å². The quantitative estimate of drug-likeness (QED) is 0.541. The van der Waals surface area contributed by atoms with Crippen molar-refractivity contribution in [1.29, 1.82) is 0 Å². The molecular formula is C24H31N5O5S. The first-order valence-electron chi connectivity index (χ1n) is 12.4. The van der Waals surface area contributed by atoms with Gasteiger partial charge >= 0.3 is 0 Å². The fraction of sp³-hybridized carbons (Fsp3) is 0.625. The molecule has 0 bridgehead atoms. The maximum atomic E-state index is 13.1. The summed E-state index contributed by atoms with van der Waals surface area (Å²) >= 11 is 5.36. The second-order valence-corrected chi connectivity index (χ2v) is 10.0. The minimum atomic E-state index is -0.643. The van der Waals surface area contributed by atoms with E-state index in [0.717, 1.165) is 25.9 Å². The predicted molar refractivity (Wildman–Crippen MR) is 131 cm³/mol. The molecule has 3 amide bonds. The Bertz CT molecular complexity index is 1020. The molecule has 0 saturated carbocycles. The van der Waals surface area contributed by atoms with Crippen LogP contribution in [-0.4, -0.2) is 88.3 Å². The van der Waals surface area contributed by atoms with E-state index < -0.39 is 11.5 Å². The van der Waals surface area contributed by atoms with Crippen molar-refractivity contribution in [2.45, 2.75) is 50.5 Å². The molecule has 3 saturated heterocycles. The summed E-state index contributed by atoms with van der Waals surface area (Å²) in [4.78, 5) is 48.3. The Labute approximate surface area is 209 Å². The monoisotopic (exact) mass is 501 g/mol. The number of amides is 3. The first kappa shape index (κ1) is 23.9. The van der Waals surface area contributed by atoms with Gasteiger partial charge in [-0.05, 0) is 63.5 Å². The highest BCUT2D eigenvalue weighted by Gasteiger charge is 2.46. The summed E-state index contributed by atoms with van der Waals surface area (Å²) in [6.45, 7) is 3.24. The molecule has 10 nitrogen and oxygen atoms in total. The zero-order chi connectivity index (χ0) is 24.6. The summed E-state index contributed by atoms with van der Waals surface area (Å²) in [5, 5.41) is 0.201. The van der Waals surface area contributed by atoms with E-state index in [1.54, 1.807) is 12.2 Å². The number of piperidine rings is 2. The van der Waals surface area contributed by atoms with Gasteiger partial charge in [0.15, 0.2) is 11.5 Å². The van der Waals surface area contributed by atoms with Crippen LogP contribution in [0.15, 0.2) is 28.7 Å². The molecule has 5 rings (SSSR count). The lowest BCUT2D eigenvalue weighted by atomic mass is 9.83. The van der Waals surface area contributed by atoms with Crippen LogP contribution in [0.1, 0.15) is 44.9 Å². The highest BCUT2D eigenvalue weighted by molar-refractivity contribution is 7.80. The van der Waals surface area contributed by atoms with E-state index in [1.807, 2.05) is 4.90 Å². The molecule has 188 valence electrons. The summed E-state index contributed by atoms with van der Waals surface area (Å²) in [6, 6.07) is 0. The largest absolute Gasteiger partial charge is 0.454 e. The summed E-state index contributed by atoms with van der Waals surface area (Å²) in [5.41, 5.74) is 5.76. The number of nitrogens with two attached hydrogens (primary N) is 1. The molecule has 5 aliphatic rings. The zero-order valence-electron chi connectivity index (χ0n) is 19.7. The lowest BCUT2D eigenvalue weighted by Crippen LogP contribution is -2.63. The van der Waals surface area contributed by atoms with Gasteiger partial charge in [0.1, 0.15) is 11.5 Å². The Balaban J connectivity index is 1.14. The minimum Gasteiger partial charge on any atom is -0.454 e. The summed E-state index contributed by atoms with van der Waals surface area (Å²) in [7, 11) is 0. The minimum absolute atomic E-state index is 0.0187. The Morgan fingerprint density at radius 2 is 1.83 bits per heavy atom. The van der Waals surface area contributed by atoms with Gasteiger partial charge in [0.2, 0.25) is 29.6 Å². The predicted octanol–water partition coefficient (Wildman–Crippen LogP) is 1.07. The second-order valence-electron chi connectivity index (χ2n) is 9.66. The highest BCUT2D eigenvalue weighted by atomic mass is 32.1. The van der Waals surface area contributed by atoms with Gasteiger partial charge in [0.05, 0.1) is 5.71 Å². The Kier molecular flexibility index (Phi) is 6.63. The van der Waals surface area contributed by atoms with Gasteiger partial charge in [-0.1, -0.05) is 6.42 Å². The van der Waals surface area contributed by atoms with Gasteiger partial charge in [0, 0.05) is 32.1 Å². The number of ether oxygens (including phenoxy) is 2. The van der Waals surface area contributed by atoms with Crippen molar-refractivity contribution in [2.75, 3.05) is 39.5 Å². The molecule has 1 unspecified atom stereocenters. The molecule has 11 heteroatoms. The average Bonchev–Trinajstić information content (AvgIpc) is 3.33. The average molecular weight is 502 g/mol. The van der Waals surface area contributed by atoms with Crippen LogP contribution < -0.4 is 5.73 Å². The third-order valence-electron chi connectivity index (χ3n) is 7.71. The van der Waals surface area contributed by atoms with Crippen LogP contribution in [0.4, 0.5) is 0 Å². The molecule has 0 aromatic rings. The number of carbonyl (C=O) groups excluding carboxylic acids is 3. The number of likely N-dealkylation sites (tertiary alicyclic amines) is 2. The van der Waals surface area contributed by atoms with E-state index in [4.69, 9.17) is 27.4 Å². The first-order chi connectivity index (χ1) is 16.9. The van der Waals surface area contributed by atoms with Crippen LogP contribution in [0.2, 0.25) is 0 Å². The molecule has 0 aromatic carbocycles. The van der Waals surface area contributed by atoms with Crippen LogP contribution in [-0.2, 0) is 23.9 Å². The van der Waals surface area contributed by atoms with Crippen LogP contribution in [0.25, 0.3) is 0 Å². The number of aliphatic imine (C=N–C) groups is 1. The first-order valence-corrected chi connectivity index (χ1v) is 12.8. The Morgan fingerprint density at radius 3 is 2.54 bits per heavy atom. The van der Waals surface area contributed by atoms with Crippen LogP contribution >= 0.6 is 12.2 Å². The summed E-state index contributed by atoms with van der Waals surface area (Å²) in [6.07, 6.45) is 8.66. The highest BCUT2D eigenvalue weighted by Crippen LogP contribution is 2.33. The Hall–Kier alpha value is -2.79. The normalized spacial score (nSPS) is 26.1. The molecule has 0 aromatic heterocycles. The van der Waals surface area contributed by atoms with E-state index >= 15 is 0 Å². The molecule has 2 N–H and O–H groups in total. The zero-order valence-corrected chi connectivity index (χ0v) is 20.6. The number of hydrogen-bond donors (Lipinski definition) is 1. The molecule has 4 heterocycles. The third-order valence-corrected chi connectivity index (χ3v) is 8.02. The molecule has 1 atom stereocenters. The maximum absolute atomic E-state index is 13.1. The van der Waals surface area contributed by atoms with Gasteiger partial charge in [-0.25, -0.2) is 4.99 Å². The smallest absolute Gasteiger partial charge is 0.241 e. The van der Waals surface area contributed by atoms with Crippen LogP contribution in [0.3, 0.4) is 0 Å². The van der Waals surface area contributed by atoms with Crippen LogP contribution in [0.5, 0.6) is 0 Å². The molecule has 4 aliphatic heterocycles. The standard InChI is InChI=1S/C24H31N5O5S/c25-22(32)24(28-8-2-1-3-9-28)6-11-27(12-7-24)20(30)5-4-10-29-21(31)16-13-18-19(34-15-33-18)14-17(16)26-23(29)35/h13-14,16H,1-12,15H2,(H2,25,32). The van der Waals surface area contributed by atoms with E-state index in [1.165, 1.54) is 11.3 Å². The van der Waals surface area contributed by atoms with Crippen molar-refractivity contribution < 1.29 is 23.9 Å². The lowest BCUT2D eigenvalue weighted by Gasteiger charge is -2.48. The van der Waals surface area contributed by atoms with Crippen LogP contribution in [0, 0.1) is 5.92 Å². The SMILES string of the molecule is NC(=O)C1(N2CCCCC2)CCN(C(=O)CCCN2C(=O)C3C=C4OCOC4=CC3=NC2=S)CC1. The van der Waals surface area contributed by atoms with Gasteiger partial charge in [-0.15, -0.1) is 0 Å². The van der Waals surface area contributed by atoms with Crippen molar-refractivity contribution in [1.82, 2.24) is 14.7 Å². The topological polar surface area (TPSA) is 118 Å². The van der Waals surface area contributed by atoms with E-state index in [9.17, 15) is 14.4 Å². The fourth-order valence-electron chi connectivity index (χ4n) is 5.65. The summed E-state index contributed by atoms with van der Waals surface area (Å²) in [5.74, 6) is 0.125. The molecule has 0 radical (unpaired) electrons.